The molecule has 1 N–H and O–H groups in total. The zero-order valence-corrected chi connectivity index (χ0v) is 13.4. The highest BCUT2D eigenvalue weighted by Crippen LogP contribution is 2.10. The Kier molecular flexibility index (Phi) is 5.12. The lowest BCUT2D eigenvalue weighted by Gasteiger charge is -2.06. The molecule has 0 saturated heterocycles. The van der Waals surface area contributed by atoms with Crippen LogP contribution >= 0.6 is 0 Å². The first-order valence-electron chi connectivity index (χ1n) is 7.01. The predicted octanol–water partition coefficient (Wildman–Crippen LogP) is 1.66. The summed E-state index contributed by atoms with van der Waals surface area (Å²) in [5, 5.41) is 2.78. The summed E-state index contributed by atoms with van der Waals surface area (Å²) in [7, 11) is -1.24. The lowest BCUT2D eigenvalue weighted by atomic mass is 10.2. The third-order valence-corrected chi connectivity index (χ3v) is 4.26. The number of aryl methyl sites for hydroxylation is 1. The Balaban J connectivity index is 1.95. The van der Waals surface area contributed by atoms with Crippen LogP contribution < -0.4 is 5.32 Å². The number of imidazole rings is 1. The molecule has 6 heteroatoms. The number of hydrogen-bond acceptors (Lipinski definition) is 3. The molecule has 2 aromatic rings. The van der Waals surface area contributed by atoms with Gasteiger partial charge in [0.2, 0.25) is 5.91 Å². The number of fused-ring (bicyclic) bond motifs is 1. The van der Waals surface area contributed by atoms with Crippen molar-refractivity contribution in [3.63, 3.8) is 0 Å². The van der Waals surface area contributed by atoms with Gasteiger partial charge in [0.15, 0.2) is 0 Å². The molecule has 2 aromatic heterocycles. The molecular formula is C15H21N3O2S. The lowest BCUT2D eigenvalue weighted by molar-refractivity contribution is -0.118. The minimum Gasteiger partial charge on any atom is -0.355 e. The van der Waals surface area contributed by atoms with E-state index in [0.717, 1.165) is 17.0 Å². The molecular weight excluding hydrogens is 286 g/mol. The molecule has 0 fully saturated rings. The van der Waals surface area contributed by atoms with Gasteiger partial charge in [0, 0.05) is 29.2 Å². The summed E-state index contributed by atoms with van der Waals surface area (Å²) >= 11 is 0. The van der Waals surface area contributed by atoms with E-state index in [4.69, 9.17) is 0 Å². The molecule has 0 bridgehead atoms. The van der Waals surface area contributed by atoms with Crippen molar-refractivity contribution in [1.82, 2.24) is 14.7 Å². The number of nitrogens with one attached hydrogen (secondary N) is 1. The Hall–Kier alpha value is -1.69. The zero-order chi connectivity index (χ0) is 15.4. The number of carbonyl (C=O) groups is 1. The summed E-state index contributed by atoms with van der Waals surface area (Å²) in [5.41, 5.74) is 2.66. The Bertz CT molecular complexity index is 664. The Morgan fingerprint density at radius 1 is 1.43 bits per heavy atom. The van der Waals surface area contributed by atoms with E-state index >= 15 is 0 Å². The van der Waals surface area contributed by atoms with Crippen molar-refractivity contribution in [2.75, 3.05) is 12.3 Å². The quantitative estimate of drug-likeness (QED) is 0.883. The van der Waals surface area contributed by atoms with Crippen molar-refractivity contribution in [1.29, 1.82) is 0 Å². The fraction of sp³-hybridized carbons (Fsp3) is 0.467. The van der Waals surface area contributed by atoms with E-state index in [0.29, 0.717) is 18.2 Å². The highest BCUT2D eigenvalue weighted by molar-refractivity contribution is 7.84. The fourth-order valence-electron chi connectivity index (χ4n) is 2.00. The second-order valence-electron chi connectivity index (χ2n) is 5.55. The molecule has 5 nitrogen and oxygen atoms in total. The molecule has 1 amide bonds. The van der Waals surface area contributed by atoms with Gasteiger partial charge in [-0.25, -0.2) is 4.98 Å². The summed E-state index contributed by atoms with van der Waals surface area (Å²) in [6.07, 6.45) is 1.88. The molecule has 2 heterocycles. The molecule has 1 atom stereocenters. The molecule has 0 aliphatic heterocycles. The molecule has 0 unspecified atom stereocenters. The minimum absolute atomic E-state index is 0.0274. The average molecular weight is 307 g/mol. The van der Waals surface area contributed by atoms with Crippen LogP contribution in [0.3, 0.4) is 0 Å². The van der Waals surface area contributed by atoms with Crippen LogP contribution in [0.5, 0.6) is 0 Å². The van der Waals surface area contributed by atoms with Gasteiger partial charge in [0.25, 0.3) is 0 Å². The zero-order valence-electron chi connectivity index (χ0n) is 12.6. The van der Waals surface area contributed by atoms with Crippen molar-refractivity contribution < 1.29 is 9.00 Å². The van der Waals surface area contributed by atoms with Gasteiger partial charge in [-0.05, 0) is 25.0 Å². The van der Waals surface area contributed by atoms with E-state index in [1.807, 2.05) is 49.6 Å². The maximum atomic E-state index is 12.0. The summed E-state index contributed by atoms with van der Waals surface area (Å²) in [6.45, 7) is 6.66. The summed E-state index contributed by atoms with van der Waals surface area (Å²) in [5.74, 6) is 0.557. The van der Waals surface area contributed by atoms with Crippen LogP contribution in [0.2, 0.25) is 0 Å². The summed E-state index contributed by atoms with van der Waals surface area (Å²) in [4.78, 5) is 16.1. The third kappa shape index (κ3) is 4.39. The molecule has 0 aliphatic carbocycles. The van der Waals surface area contributed by atoms with Crippen LogP contribution in [0.25, 0.3) is 5.65 Å². The molecule has 0 aromatic carbocycles. The van der Waals surface area contributed by atoms with Gasteiger partial charge >= 0.3 is 0 Å². The van der Waals surface area contributed by atoms with E-state index in [1.165, 1.54) is 0 Å². The number of hydrogen-bond donors (Lipinski definition) is 1. The highest BCUT2D eigenvalue weighted by Gasteiger charge is 2.11. The Morgan fingerprint density at radius 3 is 2.86 bits per heavy atom. The van der Waals surface area contributed by atoms with Gasteiger partial charge in [0.1, 0.15) is 11.4 Å². The van der Waals surface area contributed by atoms with Crippen LogP contribution in [-0.2, 0) is 21.3 Å². The van der Waals surface area contributed by atoms with Gasteiger partial charge < -0.3 is 9.72 Å². The maximum Gasteiger partial charge on any atom is 0.232 e. The van der Waals surface area contributed by atoms with E-state index in [-0.39, 0.29) is 11.7 Å². The number of aromatic nitrogens is 2. The largest absolute Gasteiger partial charge is 0.355 e. The van der Waals surface area contributed by atoms with Gasteiger partial charge in [-0.1, -0.05) is 19.9 Å². The van der Waals surface area contributed by atoms with Crippen LogP contribution in [0.1, 0.15) is 25.2 Å². The van der Waals surface area contributed by atoms with E-state index in [9.17, 15) is 9.00 Å². The summed E-state index contributed by atoms with van der Waals surface area (Å²) < 4.78 is 14.0. The second kappa shape index (κ2) is 6.85. The van der Waals surface area contributed by atoms with Gasteiger partial charge in [-0.3, -0.25) is 9.00 Å². The number of pyridine rings is 1. The molecule has 114 valence electrons. The third-order valence-electron chi connectivity index (χ3n) is 3.05. The monoisotopic (exact) mass is 307 g/mol. The second-order valence-corrected chi connectivity index (χ2v) is 7.01. The smallest absolute Gasteiger partial charge is 0.232 e. The van der Waals surface area contributed by atoms with E-state index < -0.39 is 10.8 Å². The van der Waals surface area contributed by atoms with Crippen molar-refractivity contribution in [3.05, 3.63) is 35.8 Å². The first-order valence-corrected chi connectivity index (χ1v) is 8.50. The average Bonchev–Trinajstić information content (AvgIpc) is 2.80. The molecule has 0 spiro atoms. The molecule has 0 aliphatic rings. The van der Waals surface area contributed by atoms with Crippen LogP contribution in [0, 0.1) is 12.8 Å². The maximum absolute atomic E-state index is 12.0. The molecule has 0 radical (unpaired) electrons. The van der Waals surface area contributed by atoms with Crippen LogP contribution in [-0.4, -0.2) is 31.8 Å². The van der Waals surface area contributed by atoms with Crippen molar-refractivity contribution in [3.8, 4) is 0 Å². The van der Waals surface area contributed by atoms with E-state index in [2.05, 4.69) is 10.3 Å². The number of rotatable bonds is 6. The number of carbonyl (C=O) groups excluding carboxylic acids is 1. The minimum atomic E-state index is -1.24. The predicted molar refractivity (Wildman–Crippen MR) is 84.5 cm³/mol. The van der Waals surface area contributed by atoms with Gasteiger partial charge in [0.05, 0.1) is 11.4 Å². The van der Waals surface area contributed by atoms with Gasteiger partial charge in [-0.2, -0.15) is 0 Å². The normalized spacial score (nSPS) is 12.8. The highest BCUT2D eigenvalue weighted by atomic mass is 32.2. The van der Waals surface area contributed by atoms with Crippen LogP contribution in [0.15, 0.2) is 24.4 Å². The fourth-order valence-corrected chi connectivity index (χ4v) is 2.97. The Morgan fingerprint density at radius 2 is 2.19 bits per heavy atom. The number of amides is 1. The van der Waals surface area contributed by atoms with Crippen LogP contribution in [0.4, 0.5) is 0 Å². The first kappa shape index (κ1) is 15.7. The standard InChI is InChI=1S/C15H21N3O2S/c1-11(2)7-16-15(19)10-21(20)9-13-8-18-12(3)5-4-6-14(18)17-13/h4-6,8,11H,7,9-10H2,1-3H3,(H,16,19)/t21-/m0/s1. The van der Waals surface area contributed by atoms with Crippen molar-refractivity contribution >= 4 is 22.4 Å². The van der Waals surface area contributed by atoms with E-state index in [1.54, 1.807) is 0 Å². The SMILES string of the molecule is Cc1cccc2nc(C[S@](=O)CC(=O)NCC(C)C)cn12. The topological polar surface area (TPSA) is 63.5 Å². The lowest BCUT2D eigenvalue weighted by Crippen LogP contribution is -2.31. The Labute approximate surface area is 127 Å². The molecule has 0 saturated carbocycles. The van der Waals surface area contributed by atoms with Crippen molar-refractivity contribution in [2.45, 2.75) is 26.5 Å². The van der Waals surface area contributed by atoms with Crippen molar-refractivity contribution in [2.24, 2.45) is 5.92 Å². The molecule has 21 heavy (non-hydrogen) atoms. The first-order chi connectivity index (χ1) is 9.95. The number of nitrogens with zero attached hydrogens (tertiary/aromatic N) is 2. The molecule has 2 rings (SSSR count). The summed E-state index contributed by atoms with van der Waals surface area (Å²) in [6, 6.07) is 5.85. The van der Waals surface area contributed by atoms with Gasteiger partial charge in [-0.15, -0.1) is 0 Å².